The fourth-order valence-corrected chi connectivity index (χ4v) is 3.80. The molecule has 0 bridgehead atoms. The third-order valence-corrected chi connectivity index (χ3v) is 4.96. The molecule has 2 aliphatic rings. The van der Waals surface area contributed by atoms with Crippen molar-refractivity contribution in [3.05, 3.63) is 35.4 Å². The van der Waals surface area contributed by atoms with Crippen LogP contribution in [0.15, 0.2) is 24.3 Å². The Bertz CT molecular complexity index is 500. The summed E-state index contributed by atoms with van der Waals surface area (Å²) in [5.74, 6) is 0.815. The molecule has 0 saturated carbocycles. The molecule has 2 fully saturated rings. The summed E-state index contributed by atoms with van der Waals surface area (Å²) in [7, 11) is 1.69. The van der Waals surface area contributed by atoms with Crippen LogP contribution >= 0.6 is 0 Å². The van der Waals surface area contributed by atoms with Crippen molar-refractivity contribution in [1.29, 1.82) is 0 Å². The van der Waals surface area contributed by atoms with Crippen LogP contribution in [0.1, 0.15) is 41.6 Å². The van der Waals surface area contributed by atoms with E-state index in [-0.39, 0.29) is 5.91 Å². The average Bonchev–Trinajstić information content (AvgIpc) is 2.78. The Kier molecular flexibility index (Phi) is 5.11. The second kappa shape index (κ2) is 7.25. The van der Waals surface area contributed by atoms with E-state index in [9.17, 15) is 4.79 Å². The van der Waals surface area contributed by atoms with Gasteiger partial charge in [-0.05, 0) is 56.0 Å². The van der Waals surface area contributed by atoms with E-state index in [1.807, 2.05) is 24.3 Å². The largest absolute Gasteiger partial charge is 0.380 e. The molecule has 1 N–H and O–H groups in total. The normalized spacial score (nSPS) is 25.4. The number of carbonyl (C=O) groups excluding carboxylic acids is 1. The highest BCUT2D eigenvalue weighted by Crippen LogP contribution is 2.28. The highest BCUT2D eigenvalue weighted by Gasteiger charge is 2.34. The standard InChI is InChI=1S/C18H26N2O2/c1-22-13-14-5-7-15(8-6-14)18(21)20-11-3-2-4-16-12-19-10-9-17(16)20/h5-8,16-17,19H,2-4,9-13H2,1H3/t16-,17+/m0/s1. The summed E-state index contributed by atoms with van der Waals surface area (Å²) in [6, 6.07) is 8.29. The Morgan fingerprint density at radius 2 is 2.09 bits per heavy atom. The van der Waals surface area contributed by atoms with Crippen molar-refractivity contribution in [2.75, 3.05) is 26.7 Å². The lowest BCUT2D eigenvalue weighted by Gasteiger charge is -2.38. The molecule has 3 rings (SSSR count). The first-order valence-electron chi connectivity index (χ1n) is 8.39. The highest BCUT2D eigenvalue weighted by molar-refractivity contribution is 5.94. The molecule has 1 aromatic carbocycles. The van der Waals surface area contributed by atoms with E-state index >= 15 is 0 Å². The quantitative estimate of drug-likeness (QED) is 0.932. The van der Waals surface area contributed by atoms with E-state index < -0.39 is 0 Å². The zero-order valence-electron chi connectivity index (χ0n) is 13.4. The van der Waals surface area contributed by atoms with Crippen LogP contribution in [0.2, 0.25) is 0 Å². The summed E-state index contributed by atoms with van der Waals surface area (Å²) in [4.78, 5) is 15.1. The first kappa shape index (κ1) is 15.5. The van der Waals surface area contributed by atoms with Gasteiger partial charge in [-0.3, -0.25) is 4.79 Å². The summed E-state index contributed by atoms with van der Waals surface area (Å²) >= 11 is 0. The van der Waals surface area contributed by atoms with Crippen LogP contribution in [-0.4, -0.2) is 43.6 Å². The van der Waals surface area contributed by atoms with Gasteiger partial charge in [0.05, 0.1) is 6.61 Å². The van der Waals surface area contributed by atoms with E-state index in [0.29, 0.717) is 18.6 Å². The van der Waals surface area contributed by atoms with Crippen LogP contribution in [0, 0.1) is 5.92 Å². The van der Waals surface area contributed by atoms with Gasteiger partial charge in [0.15, 0.2) is 0 Å². The monoisotopic (exact) mass is 302 g/mol. The number of nitrogens with zero attached hydrogens (tertiary/aromatic N) is 1. The topological polar surface area (TPSA) is 41.6 Å². The van der Waals surface area contributed by atoms with Crippen molar-refractivity contribution >= 4 is 5.91 Å². The number of hydrogen-bond donors (Lipinski definition) is 1. The van der Waals surface area contributed by atoms with Gasteiger partial charge in [-0.15, -0.1) is 0 Å². The van der Waals surface area contributed by atoms with Gasteiger partial charge in [0.2, 0.25) is 0 Å². The van der Waals surface area contributed by atoms with Crippen LogP contribution in [0.25, 0.3) is 0 Å². The van der Waals surface area contributed by atoms with E-state index in [2.05, 4.69) is 10.2 Å². The van der Waals surface area contributed by atoms with Crippen molar-refractivity contribution < 1.29 is 9.53 Å². The number of hydrogen-bond acceptors (Lipinski definition) is 3. The third-order valence-electron chi connectivity index (χ3n) is 4.96. The molecule has 0 aromatic heterocycles. The average molecular weight is 302 g/mol. The molecule has 0 unspecified atom stereocenters. The first-order chi connectivity index (χ1) is 10.8. The molecule has 22 heavy (non-hydrogen) atoms. The van der Waals surface area contributed by atoms with Gasteiger partial charge in [0.25, 0.3) is 5.91 Å². The number of likely N-dealkylation sites (tertiary alicyclic amines) is 1. The summed E-state index contributed by atoms with van der Waals surface area (Å²) < 4.78 is 5.13. The molecule has 1 amide bonds. The lowest BCUT2D eigenvalue weighted by atomic mass is 9.89. The number of nitrogens with one attached hydrogen (secondary N) is 1. The minimum atomic E-state index is 0.197. The number of ether oxygens (including phenoxy) is 1. The van der Waals surface area contributed by atoms with Crippen molar-refractivity contribution in [3.8, 4) is 0 Å². The first-order valence-corrected chi connectivity index (χ1v) is 8.39. The van der Waals surface area contributed by atoms with Crippen molar-refractivity contribution in [3.63, 3.8) is 0 Å². The van der Waals surface area contributed by atoms with Gasteiger partial charge >= 0.3 is 0 Å². The Balaban J connectivity index is 1.76. The van der Waals surface area contributed by atoms with Crippen LogP contribution in [0.3, 0.4) is 0 Å². The predicted molar refractivity (Wildman–Crippen MR) is 86.8 cm³/mol. The molecule has 0 aliphatic carbocycles. The molecular weight excluding hydrogens is 276 g/mol. The maximum absolute atomic E-state index is 13.0. The zero-order chi connectivity index (χ0) is 15.4. The highest BCUT2D eigenvalue weighted by atomic mass is 16.5. The Morgan fingerprint density at radius 1 is 1.27 bits per heavy atom. The second-order valence-electron chi connectivity index (χ2n) is 6.44. The number of carbonyl (C=O) groups is 1. The van der Waals surface area contributed by atoms with E-state index in [4.69, 9.17) is 4.74 Å². The molecule has 0 spiro atoms. The fourth-order valence-electron chi connectivity index (χ4n) is 3.80. The smallest absolute Gasteiger partial charge is 0.254 e. The maximum atomic E-state index is 13.0. The minimum absolute atomic E-state index is 0.197. The minimum Gasteiger partial charge on any atom is -0.380 e. The van der Waals surface area contributed by atoms with Gasteiger partial charge in [0.1, 0.15) is 0 Å². The maximum Gasteiger partial charge on any atom is 0.254 e. The lowest BCUT2D eigenvalue weighted by molar-refractivity contribution is 0.0586. The number of fused-ring (bicyclic) bond motifs is 1. The summed E-state index contributed by atoms with van der Waals surface area (Å²) in [5, 5.41) is 3.48. The Morgan fingerprint density at radius 3 is 2.86 bits per heavy atom. The van der Waals surface area contributed by atoms with Crippen molar-refractivity contribution in [1.82, 2.24) is 10.2 Å². The fraction of sp³-hybridized carbons (Fsp3) is 0.611. The Hall–Kier alpha value is -1.39. The van der Waals surface area contributed by atoms with Gasteiger partial charge < -0.3 is 15.0 Å². The molecule has 2 aliphatic heterocycles. The van der Waals surface area contributed by atoms with E-state index in [1.165, 1.54) is 12.8 Å². The molecule has 120 valence electrons. The molecule has 1 aromatic rings. The lowest BCUT2D eigenvalue weighted by Crippen LogP contribution is -2.50. The number of piperidine rings is 1. The SMILES string of the molecule is COCc1ccc(C(=O)N2CCCC[C@H]3CNCC[C@H]32)cc1. The number of rotatable bonds is 3. The number of amides is 1. The van der Waals surface area contributed by atoms with Gasteiger partial charge in [-0.1, -0.05) is 18.6 Å². The third kappa shape index (κ3) is 3.33. The summed E-state index contributed by atoms with van der Waals surface area (Å²) in [6.45, 7) is 3.58. The molecule has 2 saturated heterocycles. The molecule has 2 heterocycles. The van der Waals surface area contributed by atoms with Gasteiger partial charge in [-0.25, -0.2) is 0 Å². The molecule has 2 atom stereocenters. The number of benzene rings is 1. The van der Waals surface area contributed by atoms with Crippen LogP contribution < -0.4 is 5.32 Å². The van der Waals surface area contributed by atoms with E-state index in [1.54, 1.807) is 7.11 Å². The predicted octanol–water partition coefficient (Wildman–Crippen LogP) is 2.44. The summed E-state index contributed by atoms with van der Waals surface area (Å²) in [6.07, 6.45) is 4.69. The molecule has 4 heteroatoms. The van der Waals surface area contributed by atoms with Crippen LogP contribution in [-0.2, 0) is 11.3 Å². The second-order valence-corrected chi connectivity index (χ2v) is 6.44. The number of methoxy groups -OCH3 is 1. The van der Waals surface area contributed by atoms with Crippen molar-refractivity contribution in [2.24, 2.45) is 5.92 Å². The molecular formula is C18H26N2O2. The van der Waals surface area contributed by atoms with Gasteiger partial charge in [0, 0.05) is 25.3 Å². The Labute approximate surface area is 132 Å². The van der Waals surface area contributed by atoms with E-state index in [0.717, 1.165) is 43.6 Å². The summed E-state index contributed by atoms with van der Waals surface area (Å²) in [5.41, 5.74) is 1.91. The van der Waals surface area contributed by atoms with Crippen LogP contribution in [0.4, 0.5) is 0 Å². The zero-order valence-corrected chi connectivity index (χ0v) is 13.4. The molecule has 0 radical (unpaired) electrons. The van der Waals surface area contributed by atoms with Crippen molar-refractivity contribution in [2.45, 2.75) is 38.3 Å². The molecule has 4 nitrogen and oxygen atoms in total. The van der Waals surface area contributed by atoms with Crippen LogP contribution in [0.5, 0.6) is 0 Å². The van der Waals surface area contributed by atoms with Gasteiger partial charge in [-0.2, -0.15) is 0 Å².